The zero-order chi connectivity index (χ0) is 19.6. The van der Waals surface area contributed by atoms with Crippen molar-refractivity contribution in [1.29, 1.82) is 0 Å². The van der Waals surface area contributed by atoms with Crippen molar-refractivity contribution < 1.29 is 5.11 Å². The summed E-state index contributed by atoms with van der Waals surface area (Å²) in [5, 5.41) is 15.2. The fraction of sp³-hybridized carbons (Fsp3) is 0.0417. The lowest BCUT2D eigenvalue weighted by Gasteiger charge is -2.22. The number of rotatable bonds is 3. The van der Waals surface area contributed by atoms with Gasteiger partial charge in [0, 0.05) is 15.3 Å². The first kappa shape index (κ1) is 18.2. The summed E-state index contributed by atoms with van der Waals surface area (Å²) < 4.78 is 1.27. The molecule has 1 N–H and O–H groups in total. The Bertz CT molecular complexity index is 1200. The molecule has 29 heavy (non-hydrogen) atoms. The molecule has 2 heterocycles. The van der Waals surface area contributed by atoms with Crippen molar-refractivity contribution in [1.82, 2.24) is 0 Å². The minimum absolute atomic E-state index is 0.762. The van der Waals surface area contributed by atoms with E-state index in [-0.39, 0.29) is 0 Å². The Morgan fingerprint density at radius 3 is 2.45 bits per heavy atom. The number of amidine groups is 1. The van der Waals surface area contributed by atoms with Crippen LogP contribution < -0.4 is 4.90 Å². The van der Waals surface area contributed by atoms with Crippen LogP contribution in [0.15, 0.2) is 100 Å². The van der Waals surface area contributed by atoms with Crippen LogP contribution in [0.4, 0.5) is 11.4 Å². The largest absolute Gasteiger partial charge is 0.368 e. The van der Waals surface area contributed by atoms with Crippen molar-refractivity contribution in [2.45, 2.75) is 6.23 Å². The van der Waals surface area contributed by atoms with Crippen molar-refractivity contribution in [2.24, 2.45) is 4.99 Å². The number of hydrogen-bond donors (Lipinski definition) is 1. The van der Waals surface area contributed by atoms with Gasteiger partial charge in [0.05, 0.1) is 5.69 Å². The van der Waals surface area contributed by atoms with Gasteiger partial charge in [-0.15, -0.1) is 11.3 Å². The number of aliphatic hydroxyl groups excluding tert-OH is 1. The molecular formula is C24H18N2OS2. The van der Waals surface area contributed by atoms with Gasteiger partial charge < -0.3 is 5.11 Å². The number of nitrogens with zero attached hydrogens (tertiary/aromatic N) is 2. The van der Waals surface area contributed by atoms with Gasteiger partial charge in [0.15, 0.2) is 11.4 Å². The van der Waals surface area contributed by atoms with E-state index in [1.807, 2.05) is 65.6 Å². The molecule has 5 heteroatoms. The maximum atomic E-state index is 11.1. The van der Waals surface area contributed by atoms with E-state index in [4.69, 9.17) is 4.99 Å². The molecule has 3 aromatic carbocycles. The highest BCUT2D eigenvalue weighted by Crippen LogP contribution is 2.40. The molecule has 0 spiro atoms. The summed E-state index contributed by atoms with van der Waals surface area (Å²) in [6, 6.07) is 28.2. The van der Waals surface area contributed by atoms with Gasteiger partial charge in [0.25, 0.3) is 0 Å². The topological polar surface area (TPSA) is 35.8 Å². The highest BCUT2D eigenvalue weighted by Gasteiger charge is 2.34. The van der Waals surface area contributed by atoms with Gasteiger partial charge in [-0.3, -0.25) is 4.90 Å². The van der Waals surface area contributed by atoms with Crippen molar-refractivity contribution in [3.05, 3.63) is 101 Å². The highest BCUT2D eigenvalue weighted by molar-refractivity contribution is 8.18. The molecule has 1 aliphatic heterocycles. The lowest BCUT2D eigenvalue weighted by atomic mass is 10.1. The lowest BCUT2D eigenvalue weighted by molar-refractivity contribution is 0.233. The summed E-state index contributed by atoms with van der Waals surface area (Å²) in [5.74, 6) is 0. The van der Waals surface area contributed by atoms with Crippen molar-refractivity contribution in [3.8, 4) is 0 Å². The predicted molar refractivity (Wildman–Crippen MR) is 126 cm³/mol. The predicted octanol–water partition coefficient (Wildman–Crippen LogP) is 6.50. The number of benzene rings is 3. The summed E-state index contributed by atoms with van der Waals surface area (Å²) in [4.78, 5) is 7.55. The van der Waals surface area contributed by atoms with Gasteiger partial charge in [0.1, 0.15) is 0 Å². The summed E-state index contributed by atoms with van der Waals surface area (Å²) in [6.07, 6.45) is 1.28. The van der Waals surface area contributed by atoms with Crippen LogP contribution in [0.2, 0.25) is 0 Å². The maximum absolute atomic E-state index is 11.1. The third kappa shape index (κ3) is 3.72. The number of thioether (sulfide) groups is 1. The Hall–Kier alpha value is -2.86. The first-order chi connectivity index (χ1) is 14.3. The molecule has 1 atom stereocenters. The van der Waals surface area contributed by atoms with Gasteiger partial charge in [-0.2, -0.15) is 0 Å². The Morgan fingerprint density at radius 2 is 1.66 bits per heavy atom. The van der Waals surface area contributed by atoms with Gasteiger partial charge >= 0.3 is 0 Å². The van der Waals surface area contributed by atoms with E-state index in [1.165, 1.54) is 21.8 Å². The van der Waals surface area contributed by atoms with Crippen molar-refractivity contribution >= 4 is 55.8 Å². The van der Waals surface area contributed by atoms with Crippen molar-refractivity contribution in [2.75, 3.05) is 4.90 Å². The van der Waals surface area contributed by atoms with Crippen LogP contribution in [0.5, 0.6) is 0 Å². The van der Waals surface area contributed by atoms with Crippen LogP contribution in [-0.4, -0.2) is 16.5 Å². The molecule has 0 amide bonds. The van der Waals surface area contributed by atoms with Gasteiger partial charge in [-0.1, -0.05) is 54.2 Å². The molecule has 1 fully saturated rings. The molecule has 0 aliphatic carbocycles. The first-order valence-electron chi connectivity index (χ1n) is 9.31. The quantitative estimate of drug-likeness (QED) is 0.415. The average Bonchev–Trinajstić information content (AvgIpc) is 3.34. The molecule has 1 aromatic heterocycles. The Morgan fingerprint density at radius 1 is 0.897 bits per heavy atom. The Balaban J connectivity index is 1.56. The van der Waals surface area contributed by atoms with E-state index in [9.17, 15) is 5.11 Å². The van der Waals surface area contributed by atoms with Crippen LogP contribution >= 0.6 is 23.1 Å². The zero-order valence-electron chi connectivity index (χ0n) is 15.5. The van der Waals surface area contributed by atoms with Gasteiger partial charge in [0.2, 0.25) is 0 Å². The normalized spacial score (nSPS) is 19.5. The summed E-state index contributed by atoms with van der Waals surface area (Å²) in [6.45, 7) is 0. The molecule has 5 rings (SSSR count). The highest BCUT2D eigenvalue weighted by atomic mass is 32.2. The van der Waals surface area contributed by atoms with Gasteiger partial charge in [-0.05, 0) is 64.9 Å². The Labute approximate surface area is 177 Å². The molecular weight excluding hydrogens is 396 g/mol. The molecule has 0 saturated carbocycles. The van der Waals surface area contributed by atoms with Crippen LogP contribution in [-0.2, 0) is 0 Å². The van der Waals surface area contributed by atoms with Crippen LogP contribution in [0, 0.1) is 0 Å². The number of anilines is 1. The van der Waals surface area contributed by atoms with E-state index in [0.717, 1.165) is 27.0 Å². The average molecular weight is 415 g/mol. The Kier molecular flexibility index (Phi) is 4.94. The number of fused-ring (bicyclic) bond motifs is 1. The number of thiophene rings is 1. The molecule has 1 saturated heterocycles. The second-order valence-electron chi connectivity index (χ2n) is 6.68. The van der Waals surface area contributed by atoms with Gasteiger partial charge in [-0.25, -0.2) is 4.99 Å². The van der Waals surface area contributed by atoms with Crippen LogP contribution in [0.1, 0.15) is 5.56 Å². The first-order valence-corrected chi connectivity index (χ1v) is 11.0. The fourth-order valence-electron chi connectivity index (χ4n) is 3.31. The van der Waals surface area contributed by atoms with Crippen LogP contribution in [0.25, 0.3) is 16.2 Å². The minimum atomic E-state index is -0.775. The van der Waals surface area contributed by atoms with Crippen LogP contribution in [0.3, 0.4) is 0 Å². The number of hydrogen-bond acceptors (Lipinski definition) is 4. The fourth-order valence-corrected chi connectivity index (χ4v) is 5.15. The molecule has 0 bridgehead atoms. The third-order valence-electron chi connectivity index (χ3n) is 4.71. The molecule has 1 unspecified atom stereocenters. The number of para-hydroxylation sites is 2. The second kappa shape index (κ2) is 7.87. The number of aliphatic imine (C=N–C) groups is 1. The zero-order valence-corrected chi connectivity index (χ0v) is 17.1. The smallest absolute Gasteiger partial charge is 0.176 e. The number of aliphatic hydroxyl groups is 1. The lowest BCUT2D eigenvalue weighted by Crippen LogP contribution is -2.32. The molecule has 142 valence electrons. The second-order valence-corrected chi connectivity index (χ2v) is 8.66. The molecule has 3 nitrogen and oxygen atoms in total. The summed E-state index contributed by atoms with van der Waals surface area (Å²) >= 11 is 3.24. The minimum Gasteiger partial charge on any atom is -0.368 e. The van der Waals surface area contributed by atoms with E-state index < -0.39 is 6.23 Å². The van der Waals surface area contributed by atoms with E-state index in [0.29, 0.717) is 0 Å². The molecule has 4 aromatic rings. The summed E-state index contributed by atoms with van der Waals surface area (Å²) in [7, 11) is 0. The maximum Gasteiger partial charge on any atom is 0.176 e. The third-order valence-corrected chi connectivity index (χ3v) is 6.65. The standard InChI is InChI=1S/C24H18N2OS2/c27-23-22(16-17-11-12-21-18(15-17)13-14-28-21)29-24(25-19-7-3-1-4-8-19)26(23)20-9-5-2-6-10-20/h1-16,23,27H/b22-16-,25-24-. The van der Waals surface area contributed by atoms with E-state index in [1.54, 1.807) is 11.3 Å². The van der Waals surface area contributed by atoms with E-state index >= 15 is 0 Å². The van der Waals surface area contributed by atoms with Crippen molar-refractivity contribution in [3.63, 3.8) is 0 Å². The monoisotopic (exact) mass is 414 g/mol. The molecule has 0 radical (unpaired) electrons. The van der Waals surface area contributed by atoms with E-state index in [2.05, 4.69) is 35.7 Å². The molecule has 1 aliphatic rings. The SMILES string of the molecule is OC1/C(=C/c2ccc3sccc3c2)S/C(=N\c2ccccc2)N1c1ccccc1. The summed E-state index contributed by atoms with van der Waals surface area (Å²) in [5.41, 5.74) is 2.86.